The van der Waals surface area contributed by atoms with E-state index >= 15 is 0 Å². The predicted molar refractivity (Wildman–Crippen MR) is 72.3 cm³/mol. The monoisotopic (exact) mass is 317 g/mol. The van der Waals surface area contributed by atoms with Gasteiger partial charge in [-0.2, -0.15) is 13.2 Å². The van der Waals surface area contributed by atoms with Crippen LogP contribution in [0.3, 0.4) is 0 Å². The lowest BCUT2D eigenvalue weighted by atomic mass is 10.3. The summed E-state index contributed by atoms with van der Waals surface area (Å²) in [5.41, 5.74) is 0. The van der Waals surface area contributed by atoms with Crippen LogP contribution in [-0.2, 0) is 14.2 Å². The van der Waals surface area contributed by atoms with E-state index in [1.165, 1.54) is 0 Å². The van der Waals surface area contributed by atoms with E-state index in [1.807, 2.05) is 0 Å². The summed E-state index contributed by atoms with van der Waals surface area (Å²) in [5, 5.41) is 11.2. The molecule has 0 amide bonds. The van der Waals surface area contributed by atoms with Crippen LogP contribution in [0.1, 0.15) is 19.8 Å². The van der Waals surface area contributed by atoms with Crippen LogP contribution in [0.15, 0.2) is 0 Å². The number of aliphatic hydroxyl groups excluding tert-OH is 1. The second-order valence-corrected chi connectivity index (χ2v) is 4.45. The minimum absolute atomic E-state index is 0.243. The normalized spacial score (nSPS) is 13.6. The van der Waals surface area contributed by atoms with E-state index in [4.69, 9.17) is 19.3 Å². The molecule has 0 aromatic carbocycles. The lowest BCUT2D eigenvalue weighted by molar-refractivity contribution is -0.201. The van der Waals surface area contributed by atoms with Crippen LogP contribution in [0.5, 0.6) is 0 Å². The molecule has 0 bridgehead atoms. The van der Waals surface area contributed by atoms with E-state index in [-0.39, 0.29) is 13.2 Å². The molecule has 0 fully saturated rings. The molecule has 0 aliphatic heterocycles. The number of ether oxygens (including phenoxy) is 3. The van der Waals surface area contributed by atoms with Crippen LogP contribution in [0.4, 0.5) is 13.2 Å². The fourth-order valence-electron chi connectivity index (χ4n) is 1.29. The van der Waals surface area contributed by atoms with Gasteiger partial charge >= 0.3 is 6.18 Å². The molecule has 0 heterocycles. The Balaban J connectivity index is 3.13. The van der Waals surface area contributed by atoms with Crippen molar-refractivity contribution >= 4 is 0 Å². The third-order valence-electron chi connectivity index (χ3n) is 2.52. The molecule has 1 unspecified atom stereocenters. The SMILES string of the molecule is CCCCOCCOCCOCCNCC(O)C(F)(F)F. The maximum Gasteiger partial charge on any atom is 0.415 e. The van der Waals surface area contributed by atoms with Gasteiger partial charge < -0.3 is 24.6 Å². The Morgan fingerprint density at radius 1 is 0.952 bits per heavy atom. The van der Waals surface area contributed by atoms with Crippen molar-refractivity contribution in [3.63, 3.8) is 0 Å². The van der Waals surface area contributed by atoms with Crippen molar-refractivity contribution in [2.24, 2.45) is 0 Å². The number of halogens is 3. The van der Waals surface area contributed by atoms with E-state index in [9.17, 15) is 13.2 Å². The summed E-state index contributed by atoms with van der Waals surface area (Å²) in [4.78, 5) is 0. The number of rotatable bonds is 14. The smallest absolute Gasteiger partial charge is 0.382 e. The van der Waals surface area contributed by atoms with Crippen molar-refractivity contribution < 1.29 is 32.5 Å². The summed E-state index contributed by atoms with van der Waals surface area (Å²) in [6.07, 6.45) is -4.78. The molecule has 0 aromatic heterocycles. The Morgan fingerprint density at radius 3 is 2.00 bits per heavy atom. The van der Waals surface area contributed by atoms with Crippen molar-refractivity contribution in [3.8, 4) is 0 Å². The first-order chi connectivity index (χ1) is 9.98. The molecular formula is C13H26F3NO4. The molecule has 1 atom stereocenters. The van der Waals surface area contributed by atoms with Gasteiger partial charge in [0, 0.05) is 19.7 Å². The molecular weight excluding hydrogens is 291 g/mol. The largest absolute Gasteiger partial charge is 0.415 e. The predicted octanol–water partition coefficient (Wildman–Crippen LogP) is 1.35. The van der Waals surface area contributed by atoms with Crippen molar-refractivity contribution in [1.82, 2.24) is 5.32 Å². The van der Waals surface area contributed by atoms with Gasteiger partial charge in [0.15, 0.2) is 6.10 Å². The van der Waals surface area contributed by atoms with Crippen LogP contribution in [-0.4, -0.2) is 70.1 Å². The molecule has 0 aliphatic rings. The maximum absolute atomic E-state index is 11.9. The molecule has 0 spiro atoms. The Morgan fingerprint density at radius 2 is 1.48 bits per heavy atom. The van der Waals surface area contributed by atoms with Gasteiger partial charge in [-0.05, 0) is 6.42 Å². The van der Waals surface area contributed by atoms with Crippen LogP contribution < -0.4 is 5.32 Å². The fourth-order valence-corrected chi connectivity index (χ4v) is 1.29. The lowest BCUT2D eigenvalue weighted by Crippen LogP contribution is -2.39. The molecule has 0 saturated carbocycles. The van der Waals surface area contributed by atoms with Gasteiger partial charge in [-0.3, -0.25) is 0 Å². The number of alkyl halides is 3. The van der Waals surface area contributed by atoms with E-state index in [0.717, 1.165) is 19.4 Å². The van der Waals surface area contributed by atoms with Crippen molar-refractivity contribution in [3.05, 3.63) is 0 Å². The van der Waals surface area contributed by atoms with Gasteiger partial charge in [0.05, 0.1) is 33.0 Å². The first-order valence-corrected chi connectivity index (χ1v) is 7.17. The zero-order chi connectivity index (χ0) is 16.0. The van der Waals surface area contributed by atoms with Gasteiger partial charge in [-0.15, -0.1) is 0 Å². The summed E-state index contributed by atoms with van der Waals surface area (Å²) < 4.78 is 51.5. The summed E-state index contributed by atoms with van der Waals surface area (Å²) >= 11 is 0. The molecule has 2 N–H and O–H groups in total. The fraction of sp³-hybridized carbons (Fsp3) is 1.00. The number of hydrogen-bond donors (Lipinski definition) is 2. The Labute approximate surface area is 123 Å². The average Bonchev–Trinajstić information content (AvgIpc) is 2.42. The van der Waals surface area contributed by atoms with Crippen LogP contribution in [0.25, 0.3) is 0 Å². The third-order valence-corrected chi connectivity index (χ3v) is 2.52. The highest BCUT2D eigenvalue weighted by atomic mass is 19.4. The zero-order valence-corrected chi connectivity index (χ0v) is 12.5. The topological polar surface area (TPSA) is 60.0 Å². The zero-order valence-electron chi connectivity index (χ0n) is 12.5. The second-order valence-electron chi connectivity index (χ2n) is 4.45. The Hall–Kier alpha value is -0.410. The molecule has 8 heteroatoms. The Bertz CT molecular complexity index is 230. The van der Waals surface area contributed by atoms with Crippen molar-refractivity contribution in [2.45, 2.75) is 32.0 Å². The first-order valence-electron chi connectivity index (χ1n) is 7.17. The van der Waals surface area contributed by atoms with Crippen molar-refractivity contribution in [1.29, 1.82) is 0 Å². The standard InChI is InChI=1S/C13H26F3NO4/c1-2-3-5-19-7-9-21-10-8-20-6-4-17-11-12(18)13(14,15)16/h12,17-18H,2-11H2,1H3. The minimum atomic E-state index is -4.58. The number of aliphatic hydroxyl groups is 1. The summed E-state index contributed by atoms with van der Waals surface area (Å²) in [6.45, 7) is 4.66. The number of hydrogen-bond acceptors (Lipinski definition) is 5. The first kappa shape index (κ1) is 20.6. The summed E-state index contributed by atoms with van der Waals surface area (Å²) in [6, 6.07) is 0. The van der Waals surface area contributed by atoms with Crippen LogP contribution in [0.2, 0.25) is 0 Å². The van der Waals surface area contributed by atoms with Crippen LogP contribution >= 0.6 is 0 Å². The second kappa shape index (κ2) is 13.3. The van der Waals surface area contributed by atoms with E-state index < -0.39 is 18.8 Å². The van der Waals surface area contributed by atoms with E-state index in [0.29, 0.717) is 26.4 Å². The van der Waals surface area contributed by atoms with E-state index in [2.05, 4.69) is 12.2 Å². The molecule has 0 rings (SSSR count). The van der Waals surface area contributed by atoms with Crippen LogP contribution in [0, 0.1) is 0 Å². The highest BCUT2D eigenvalue weighted by Gasteiger charge is 2.37. The molecule has 0 aromatic rings. The molecule has 128 valence electrons. The summed E-state index contributed by atoms with van der Waals surface area (Å²) in [7, 11) is 0. The third kappa shape index (κ3) is 14.3. The highest BCUT2D eigenvalue weighted by molar-refractivity contribution is 4.67. The quantitative estimate of drug-likeness (QED) is 0.474. The number of unbranched alkanes of at least 4 members (excludes halogenated alkanes) is 1. The lowest BCUT2D eigenvalue weighted by Gasteiger charge is -2.14. The van der Waals surface area contributed by atoms with Gasteiger partial charge in [-0.1, -0.05) is 13.3 Å². The van der Waals surface area contributed by atoms with Gasteiger partial charge in [0.25, 0.3) is 0 Å². The average molecular weight is 317 g/mol. The molecule has 21 heavy (non-hydrogen) atoms. The van der Waals surface area contributed by atoms with E-state index in [1.54, 1.807) is 0 Å². The minimum Gasteiger partial charge on any atom is -0.382 e. The maximum atomic E-state index is 11.9. The van der Waals surface area contributed by atoms with Crippen molar-refractivity contribution in [2.75, 3.05) is 52.7 Å². The number of nitrogens with one attached hydrogen (secondary N) is 1. The highest BCUT2D eigenvalue weighted by Crippen LogP contribution is 2.18. The Kier molecular flexibility index (Phi) is 13.0. The molecule has 0 saturated heterocycles. The van der Waals surface area contributed by atoms with Gasteiger partial charge in [0.1, 0.15) is 0 Å². The molecule has 0 radical (unpaired) electrons. The van der Waals surface area contributed by atoms with Gasteiger partial charge in [0.2, 0.25) is 0 Å². The summed E-state index contributed by atoms with van der Waals surface area (Å²) in [5.74, 6) is 0. The van der Waals surface area contributed by atoms with Gasteiger partial charge in [-0.25, -0.2) is 0 Å². The molecule has 5 nitrogen and oxygen atoms in total. The molecule has 0 aliphatic carbocycles.